The fourth-order valence-electron chi connectivity index (χ4n) is 3.36. The Bertz CT molecular complexity index is 970. The number of nitrogens with one attached hydrogen (secondary N) is 1. The Morgan fingerprint density at radius 3 is 3.00 bits per heavy atom. The van der Waals surface area contributed by atoms with Gasteiger partial charge < -0.3 is 14.5 Å². The summed E-state index contributed by atoms with van der Waals surface area (Å²) >= 11 is 6.04. The molecule has 0 radical (unpaired) electrons. The number of hydrogen-bond acceptors (Lipinski definition) is 4. The first-order valence-corrected chi connectivity index (χ1v) is 9.02. The average molecular weight is 374 g/mol. The Morgan fingerprint density at radius 2 is 2.23 bits per heavy atom. The van der Waals surface area contributed by atoms with Gasteiger partial charge >= 0.3 is 0 Å². The van der Waals surface area contributed by atoms with E-state index in [9.17, 15) is 4.79 Å². The SMILES string of the molecule is Cc1c(C(=O)Nc2cc([C@@H]3CCCOC3)nn2C)oc2ccc(Cl)cc12. The van der Waals surface area contributed by atoms with Crippen LogP contribution >= 0.6 is 11.6 Å². The number of benzene rings is 1. The van der Waals surface area contributed by atoms with Gasteiger partial charge in [-0.3, -0.25) is 9.48 Å². The van der Waals surface area contributed by atoms with Gasteiger partial charge in [-0.25, -0.2) is 0 Å². The zero-order valence-corrected chi connectivity index (χ0v) is 15.5. The molecule has 1 fully saturated rings. The van der Waals surface area contributed by atoms with Crippen molar-refractivity contribution in [3.05, 3.63) is 46.3 Å². The molecule has 0 saturated carbocycles. The van der Waals surface area contributed by atoms with Crippen molar-refractivity contribution in [3.8, 4) is 0 Å². The van der Waals surface area contributed by atoms with E-state index in [4.69, 9.17) is 20.8 Å². The molecular weight excluding hydrogens is 354 g/mol. The first-order chi connectivity index (χ1) is 12.5. The van der Waals surface area contributed by atoms with Crippen molar-refractivity contribution in [2.45, 2.75) is 25.7 Å². The molecule has 0 bridgehead atoms. The number of aryl methyl sites for hydroxylation is 2. The van der Waals surface area contributed by atoms with E-state index in [1.165, 1.54) is 0 Å². The third-order valence-electron chi connectivity index (χ3n) is 4.82. The molecule has 2 aromatic heterocycles. The molecule has 6 nitrogen and oxygen atoms in total. The maximum Gasteiger partial charge on any atom is 0.292 e. The fourth-order valence-corrected chi connectivity index (χ4v) is 3.53. The largest absolute Gasteiger partial charge is 0.451 e. The predicted octanol–water partition coefficient (Wildman–Crippen LogP) is 4.27. The second kappa shape index (κ2) is 6.78. The second-order valence-corrected chi connectivity index (χ2v) is 7.08. The molecule has 3 aromatic rings. The van der Waals surface area contributed by atoms with Gasteiger partial charge in [-0.1, -0.05) is 11.6 Å². The molecule has 1 aliphatic heterocycles. The number of anilines is 1. The number of ether oxygens (including phenoxy) is 1. The number of aromatic nitrogens is 2. The fraction of sp³-hybridized carbons (Fsp3) is 0.368. The van der Waals surface area contributed by atoms with E-state index in [2.05, 4.69) is 10.4 Å². The summed E-state index contributed by atoms with van der Waals surface area (Å²) in [7, 11) is 1.81. The Labute approximate surface area is 156 Å². The Morgan fingerprint density at radius 1 is 1.38 bits per heavy atom. The van der Waals surface area contributed by atoms with Gasteiger partial charge in [-0.2, -0.15) is 5.10 Å². The number of nitrogens with zero attached hydrogens (tertiary/aromatic N) is 2. The van der Waals surface area contributed by atoms with Gasteiger partial charge in [0.25, 0.3) is 5.91 Å². The zero-order chi connectivity index (χ0) is 18.3. The highest BCUT2D eigenvalue weighted by Crippen LogP contribution is 2.29. The summed E-state index contributed by atoms with van der Waals surface area (Å²) < 4.78 is 12.9. The predicted molar refractivity (Wildman–Crippen MR) is 99.9 cm³/mol. The maximum absolute atomic E-state index is 12.7. The van der Waals surface area contributed by atoms with Crippen LogP contribution < -0.4 is 5.32 Å². The molecule has 0 unspecified atom stereocenters. The van der Waals surface area contributed by atoms with E-state index in [1.807, 2.05) is 20.0 Å². The molecule has 3 heterocycles. The summed E-state index contributed by atoms with van der Waals surface area (Å²) in [5, 5.41) is 8.88. The van der Waals surface area contributed by atoms with Crippen LogP contribution in [0.4, 0.5) is 5.82 Å². The molecule has 4 rings (SSSR count). The number of carbonyl (C=O) groups excluding carboxylic acids is 1. The number of rotatable bonds is 3. The minimum Gasteiger partial charge on any atom is -0.451 e. The van der Waals surface area contributed by atoms with Gasteiger partial charge in [0.05, 0.1) is 12.3 Å². The van der Waals surface area contributed by atoms with Crippen molar-refractivity contribution in [2.24, 2.45) is 7.05 Å². The summed E-state index contributed by atoms with van der Waals surface area (Å²) in [4.78, 5) is 12.7. The number of amides is 1. The molecular formula is C19H20ClN3O3. The third kappa shape index (κ3) is 3.10. The standard InChI is InChI=1S/C19H20ClN3O3/c1-11-14-8-13(20)5-6-16(14)26-18(11)19(24)21-17-9-15(22-23(17)2)12-4-3-7-25-10-12/h5-6,8-9,12H,3-4,7,10H2,1-2H3,(H,21,24)/t12-/m1/s1. The van der Waals surface area contributed by atoms with Crippen molar-refractivity contribution < 1.29 is 13.9 Å². The molecule has 1 amide bonds. The van der Waals surface area contributed by atoms with E-state index >= 15 is 0 Å². The van der Waals surface area contributed by atoms with Crippen LogP contribution in [0, 0.1) is 6.92 Å². The second-order valence-electron chi connectivity index (χ2n) is 6.64. The van der Waals surface area contributed by atoms with Gasteiger partial charge in [-0.15, -0.1) is 0 Å². The van der Waals surface area contributed by atoms with Crippen molar-refractivity contribution in [1.82, 2.24) is 9.78 Å². The molecule has 7 heteroatoms. The molecule has 136 valence electrons. The van der Waals surface area contributed by atoms with Crippen molar-refractivity contribution in [2.75, 3.05) is 18.5 Å². The van der Waals surface area contributed by atoms with E-state index in [-0.39, 0.29) is 17.6 Å². The van der Waals surface area contributed by atoms with E-state index < -0.39 is 0 Å². The quantitative estimate of drug-likeness (QED) is 0.744. The summed E-state index contributed by atoms with van der Waals surface area (Å²) in [6, 6.07) is 7.23. The lowest BCUT2D eigenvalue weighted by molar-refractivity contribution is 0.0791. The lowest BCUT2D eigenvalue weighted by atomic mass is 9.99. The van der Waals surface area contributed by atoms with Crippen LogP contribution in [0.25, 0.3) is 11.0 Å². The van der Waals surface area contributed by atoms with Crippen molar-refractivity contribution in [3.63, 3.8) is 0 Å². The molecule has 1 aromatic carbocycles. The van der Waals surface area contributed by atoms with Gasteiger partial charge in [0.15, 0.2) is 5.76 Å². The molecule has 26 heavy (non-hydrogen) atoms. The van der Waals surface area contributed by atoms with Gasteiger partial charge in [-0.05, 0) is 38.0 Å². The lowest BCUT2D eigenvalue weighted by Crippen LogP contribution is -2.16. The van der Waals surface area contributed by atoms with Crippen LogP contribution in [0.2, 0.25) is 5.02 Å². The monoisotopic (exact) mass is 373 g/mol. The topological polar surface area (TPSA) is 69.3 Å². The number of fused-ring (bicyclic) bond motifs is 1. The van der Waals surface area contributed by atoms with Crippen LogP contribution in [-0.4, -0.2) is 28.9 Å². The number of furan rings is 1. The molecule has 1 N–H and O–H groups in total. The maximum atomic E-state index is 12.7. The van der Waals surface area contributed by atoms with E-state index in [1.54, 1.807) is 22.9 Å². The molecule has 1 aliphatic rings. The summed E-state index contributed by atoms with van der Waals surface area (Å²) in [5.74, 6) is 0.888. The van der Waals surface area contributed by atoms with Crippen molar-refractivity contribution >= 4 is 34.3 Å². The summed E-state index contributed by atoms with van der Waals surface area (Å²) in [6.07, 6.45) is 2.08. The smallest absolute Gasteiger partial charge is 0.292 e. The molecule has 0 spiro atoms. The highest BCUT2D eigenvalue weighted by Gasteiger charge is 2.22. The van der Waals surface area contributed by atoms with Crippen LogP contribution in [-0.2, 0) is 11.8 Å². The van der Waals surface area contributed by atoms with E-state index in [0.717, 1.165) is 36.1 Å². The van der Waals surface area contributed by atoms with Crippen LogP contribution in [0.1, 0.15) is 40.6 Å². The van der Waals surface area contributed by atoms with E-state index in [0.29, 0.717) is 23.0 Å². The number of carbonyl (C=O) groups is 1. The normalized spacial score (nSPS) is 17.6. The Hall–Kier alpha value is -2.31. The summed E-state index contributed by atoms with van der Waals surface area (Å²) in [6.45, 7) is 3.33. The third-order valence-corrected chi connectivity index (χ3v) is 5.06. The zero-order valence-electron chi connectivity index (χ0n) is 14.7. The highest BCUT2D eigenvalue weighted by atomic mass is 35.5. The Kier molecular flexibility index (Phi) is 4.46. The van der Waals surface area contributed by atoms with Crippen LogP contribution in [0.5, 0.6) is 0 Å². The Balaban J connectivity index is 1.58. The molecule has 0 aliphatic carbocycles. The highest BCUT2D eigenvalue weighted by molar-refractivity contribution is 6.31. The lowest BCUT2D eigenvalue weighted by Gasteiger charge is -2.19. The number of hydrogen-bond donors (Lipinski definition) is 1. The average Bonchev–Trinajstić information content (AvgIpc) is 3.16. The van der Waals surface area contributed by atoms with Crippen LogP contribution in [0.3, 0.4) is 0 Å². The van der Waals surface area contributed by atoms with Gasteiger partial charge in [0.2, 0.25) is 0 Å². The number of halogens is 1. The minimum absolute atomic E-state index is 0.274. The van der Waals surface area contributed by atoms with Crippen LogP contribution in [0.15, 0.2) is 28.7 Å². The van der Waals surface area contributed by atoms with Gasteiger partial charge in [0.1, 0.15) is 11.4 Å². The van der Waals surface area contributed by atoms with Crippen molar-refractivity contribution in [1.29, 1.82) is 0 Å². The van der Waals surface area contributed by atoms with Gasteiger partial charge in [0, 0.05) is 41.6 Å². The summed E-state index contributed by atoms with van der Waals surface area (Å²) in [5.41, 5.74) is 2.35. The first kappa shape index (κ1) is 17.1. The minimum atomic E-state index is -0.302. The molecule has 1 atom stereocenters. The first-order valence-electron chi connectivity index (χ1n) is 8.64. The molecule has 1 saturated heterocycles.